The zero-order valence-corrected chi connectivity index (χ0v) is 21.0. The molecule has 3 aromatic rings. The smallest absolute Gasteiger partial charge is 0.325 e. The average molecular weight is 492 g/mol. The Morgan fingerprint density at radius 2 is 1.89 bits per heavy atom. The van der Waals surface area contributed by atoms with Crippen LogP contribution in [0, 0.1) is 0 Å². The quantitative estimate of drug-likeness (QED) is 0.378. The van der Waals surface area contributed by atoms with Crippen LogP contribution in [0.2, 0.25) is 0 Å². The number of aromatic amines is 1. The molecule has 0 unspecified atom stereocenters. The summed E-state index contributed by atoms with van der Waals surface area (Å²) < 4.78 is 8.21. The highest BCUT2D eigenvalue weighted by atomic mass is 32.2. The van der Waals surface area contributed by atoms with Gasteiger partial charge < -0.3 is 4.74 Å². The number of amides is 1. The highest BCUT2D eigenvalue weighted by Gasteiger charge is 2.46. The van der Waals surface area contributed by atoms with Gasteiger partial charge in [0.1, 0.15) is 5.75 Å². The van der Waals surface area contributed by atoms with Crippen LogP contribution in [0.3, 0.4) is 0 Å². The zero-order valence-electron chi connectivity index (χ0n) is 20.2. The van der Waals surface area contributed by atoms with Crippen molar-refractivity contribution in [2.75, 3.05) is 10.7 Å². The molecule has 1 aromatic heterocycles. The van der Waals surface area contributed by atoms with E-state index in [0.717, 1.165) is 54.9 Å². The molecule has 35 heavy (non-hydrogen) atoms. The number of carbonyl (C=O) groups excluding carboxylic acids is 1. The zero-order chi connectivity index (χ0) is 24.4. The number of carbonyl (C=O) groups is 1. The van der Waals surface area contributed by atoms with Gasteiger partial charge in [-0.05, 0) is 66.8 Å². The molecule has 1 aliphatic carbocycles. The van der Waals surface area contributed by atoms with E-state index in [9.17, 15) is 9.59 Å². The maximum atomic E-state index is 13.7. The first-order valence-corrected chi connectivity index (χ1v) is 13.5. The van der Waals surface area contributed by atoms with Crippen LogP contribution in [0.1, 0.15) is 64.1 Å². The first-order chi connectivity index (χ1) is 17.1. The minimum Gasteiger partial charge on any atom is -0.490 e. The predicted octanol–water partition coefficient (Wildman–Crippen LogP) is 4.85. The molecular formula is C27H31N4O3S+. The maximum absolute atomic E-state index is 13.7. The van der Waals surface area contributed by atoms with Crippen molar-refractivity contribution in [3.63, 3.8) is 0 Å². The number of rotatable bonds is 7. The molecule has 0 spiro atoms. The first kappa shape index (κ1) is 23.6. The SMILES string of the molecule is CCCC(=O)N1c2ccccc2-c2c(=O)[nH]c(SCC)n[n+]2[C@@H]1c1ccccc1OC1CCCC1. The van der Waals surface area contributed by atoms with Gasteiger partial charge in [0.05, 0.1) is 22.9 Å². The third-order valence-corrected chi connectivity index (χ3v) is 7.31. The standard InChI is InChI=1S/C27H30N4O3S/c1-3-11-23(32)30-21-16-9-7-14-19(21)24-25(33)28-27(35-4-2)29-31(24)26(30)20-15-8-10-17-22(20)34-18-12-5-6-13-18/h7-10,14-18,26H,3-6,11-13H2,1-2H3/p+1/t26-/m1/s1. The van der Waals surface area contributed by atoms with Gasteiger partial charge in [-0.2, -0.15) is 0 Å². The molecule has 7 nitrogen and oxygen atoms in total. The summed E-state index contributed by atoms with van der Waals surface area (Å²) in [6.07, 6.45) is 5.03. The molecule has 0 bridgehead atoms. The van der Waals surface area contributed by atoms with E-state index in [-0.39, 0.29) is 17.6 Å². The Labute approximate surface area is 209 Å². The van der Waals surface area contributed by atoms with Crippen molar-refractivity contribution in [1.82, 2.24) is 10.1 Å². The fourth-order valence-electron chi connectivity index (χ4n) is 5.05. The lowest BCUT2D eigenvalue weighted by Gasteiger charge is -2.33. The summed E-state index contributed by atoms with van der Waals surface area (Å²) in [5, 5.41) is 5.39. The highest BCUT2D eigenvalue weighted by molar-refractivity contribution is 7.99. The molecule has 0 radical (unpaired) electrons. The molecule has 2 aromatic carbocycles. The Morgan fingerprint density at radius 3 is 2.66 bits per heavy atom. The van der Waals surface area contributed by atoms with E-state index in [4.69, 9.17) is 9.84 Å². The number of ether oxygens (including phenoxy) is 1. The normalized spacial score (nSPS) is 17.2. The molecule has 1 amide bonds. The fourth-order valence-corrected chi connectivity index (χ4v) is 5.63. The van der Waals surface area contributed by atoms with Crippen LogP contribution in [0.25, 0.3) is 11.3 Å². The third kappa shape index (κ3) is 4.47. The van der Waals surface area contributed by atoms with Crippen molar-refractivity contribution in [2.24, 2.45) is 0 Å². The van der Waals surface area contributed by atoms with Crippen molar-refractivity contribution in [3.05, 3.63) is 64.4 Å². The number of anilines is 1. The molecule has 1 aliphatic heterocycles. The molecule has 0 saturated heterocycles. The van der Waals surface area contributed by atoms with Gasteiger partial charge in [-0.1, -0.05) is 49.9 Å². The Hall–Kier alpha value is -3.13. The molecule has 1 saturated carbocycles. The molecular weight excluding hydrogens is 460 g/mol. The van der Waals surface area contributed by atoms with Gasteiger partial charge in [-0.25, -0.2) is 4.90 Å². The van der Waals surface area contributed by atoms with Crippen LogP contribution in [-0.4, -0.2) is 27.8 Å². The van der Waals surface area contributed by atoms with Gasteiger partial charge in [0, 0.05) is 11.5 Å². The van der Waals surface area contributed by atoms with Crippen LogP contribution in [0.5, 0.6) is 5.75 Å². The van der Waals surface area contributed by atoms with Crippen molar-refractivity contribution in [1.29, 1.82) is 0 Å². The van der Waals surface area contributed by atoms with Gasteiger partial charge >= 0.3 is 11.3 Å². The highest BCUT2D eigenvalue weighted by Crippen LogP contribution is 2.40. The minimum atomic E-state index is -0.630. The molecule has 8 heteroatoms. The first-order valence-electron chi connectivity index (χ1n) is 12.5. The van der Waals surface area contributed by atoms with E-state index < -0.39 is 6.17 Å². The van der Waals surface area contributed by atoms with Gasteiger partial charge in [0.2, 0.25) is 11.1 Å². The number of nitrogens with zero attached hydrogens (tertiary/aromatic N) is 3. The fraction of sp³-hybridized carbons (Fsp3) is 0.407. The molecule has 1 atom stereocenters. The second-order valence-electron chi connectivity index (χ2n) is 8.95. The minimum absolute atomic E-state index is 0.00875. The summed E-state index contributed by atoms with van der Waals surface area (Å²) >= 11 is 1.47. The molecule has 1 N–H and O–H groups in total. The van der Waals surface area contributed by atoms with Crippen LogP contribution >= 0.6 is 11.8 Å². The second-order valence-corrected chi connectivity index (χ2v) is 10.2. The predicted molar refractivity (Wildman–Crippen MR) is 137 cm³/mol. The molecule has 2 heterocycles. The number of fused-ring (bicyclic) bond motifs is 3. The van der Waals surface area contributed by atoms with Crippen LogP contribution in [-0.2, 0) is 4.79 Å². The second kappa shape index (κ2) is 10.2. The number of thioether (sulfide) groups is 1. The van der Waals surface area contributed by atoms with Crippen molar-refractivity contribution < 1.29 is 14.2 Å². The van der Waals surface area contributed by atoms with Gasteiger partial charge in [0.25, 0.3) is 6.17 Å². The number of nitrogens with one attached hydrogen (secondary N) is 1. The Morgan fingerprint density at radius 1 is 1.14 bits per heavy atom. The summed E-state index contributed by atoms with van der Waals surface area (Å²) in [4.78, 5) is 31.8. The number of hydrogen-bond donors (Lipinski definition) is 1. The number of aromatic nitrogens is 3. The third-order valence-electron chi connectivity index (χ3n) is 6.56. The Balaban J connectivity index is 1.75. The van der Waals surface area contributed by atoms with Gasteiger partial charge in [0.15, 0.2) is 0 Å². The number of benzene rings is 2. The van der Waals surface area contributed by atoms with Crippen LogP contribution in [0.4, 0.5) is 5.69 Å². The number of H-pyrrole nitrogens is 1. The number of para-hydroxylation sites is 2. The van der Waals surface area contributed by atoms with Crippen molar-refractivity contribution >= 4 is 23.4 Å². The topological polar surface area (TPSA) is 79.2 Å². The Bertz CT molecular complexity index is 1290. The monoisotopic (exact) mass is 491 g/mol. The molecule has 1 fully saturated rings. The lowest BCUT2D eigenvalue weighted by atomic mass is 10.00. The summed E-state index contributed by atoms with van der Waals surface area (Å²) in [6, 6.07) is 15.4. The molecule has 5 rings (SSSR count). The average Bonchev–Trinajstić information content (AvgIpc) is 3.37. The summed E-state index contributed by atoms with van der Waals surface area (Å²) in [7, 11) is 0. The van der Waals surface area contributed by atoms with E-state index in [1.165, 1.54) is 11.8 Å². The summed E-state index contributed by atoms with van der Waals surface area (Å²) in [5.41, 5.74) is 2.47. The van der Waals surface area contributed by atoms with Gasteiger partial charge in [-0.15, -0.1) is 0 Å². The lowest BCUT2D eigenvalue weighted by Crippen LogP contribution is -2.61. The van der Waals surface area contributed by atoms with E-state index in [0.29, 0.717) is 22.8 Å². The lowest BCUT2D eigenvalue weighted by molar-refractivity contribution is -0.763. The summed E-state index contributed by atoms with van der Waals surface area (Å²) in [5.74, 6) is 1.50. The van der Waals surface area contributed by atoms with Crippen LogP contribution < -0.4 is 19.9 Å². The maximum Gasteiger partial charge on any atom is 0.325 e. The summed E-state index contributed by atoms with van der Waals surface area (Å²) in [6.45, 7) is 4.02. The van der Waals surface area contributed by atoms with Gasteiger partial charge in [-0.3, -0.25) is 14.6 Å². The van der Waals surface area contributed by atoms with Crippen molar-refractivity contribution in [3.8, 4) is 17.0 Å². The molecule has 2 aliphatic rings. The molecule has 182 valence electrons. The van der Waals surface area contributed by atoms with Crippen LogP contribution in [0.15, 0.2) is 58.5 Å². The van der Waals surface area contributed by atoms with E-state index >= 15 is 0 Å². The van der Waals surface area contributed by atoms with E-state index in [2.05, 4.69) is 4.98 Å². The van der Waals surface area contributed by atoms with E-state index in [1.807, 2.05) is 62.4 Å². The van der Waals surface area contributed by atoms with E-state index in [1.54, 1.807) is 9.58 Å². The largest absolute Gasteiger partial charge is 0.490 e. The Kier molecular flexibility index (Phi) is 6.90. The van der Waals surface area contributed by atoms with Crippen molar-refractivity contribution in [2.45, 2.75) is 69.8 Å². The number of hydrogen-bond acceptors (Lipinski definition) is 5.